The van der Waals surface area contributed by atoms with Gasteiger partial charge >= 0.3 is 0 Å². The summed E-state index contributed by atoms with van der Waals surface area (Å²) in [5.41, 5.74) is 2.92. The molecule has 0 spiro atoms. The van der Waals surface area contributed by atoms with Crippen LogP contribution in [0, 0.1) is 11.8 Å². The number of hydrogen-bond donors (Lipinski definition) is 0. The van der Waals surface area contributed by atoms with E-state index in [1.165, 1.54) is 24.8 Å². The fourth-order valence-corrected chi connectivity index (χ4v) is 2.18. The van der Waals surface area contributed by atoms with E-state index in [9.17, 15) is 0 Å². The van der Waals surface area contributed by atoms with Crippen molar-refractivity contribution in [2.45, 2.75) is 52.9 Å². The van der Waals surface area contributed by atoms with E-state index in [-0.39, 0.29) is 0 Å². The third-order valence-electron chi connectivity index (χ3n) is 3.51. The molecule has 0 aromatic carbocycles. The molecular weight excluding hydrogens is 192 g/mol. The minimum Gasteiger partial charge on any atom is -0.0995 e. The maximum Gasteiger partial charge on any atom is -0.0141 e. The SMILES string of the molecule is C=C1C/C=C/[C@@H](C(C)C)CC/C(C)=C/CC1. The predicted octanol–water partition coefficient (Wildman–Crippen LogP) is 5.28. The monoisotopic (exact) mass is 218 g/mol. The van der Waals surface area contributed by atoms with Crippen LogP contribution in [0.1, 0.15) is 52.9 Å². The quantitative estimate of drug-likeness (QED) is 0.525. The van der Waals surface area contributed by atoms with Crippen molar-refractivity contribution in [3.05, 3.63) is 36.0 Å². The zero-order chi connectivity index (χ0) is 12.0. The van der Waals surface area contributed by atoms with Crippen LogP contribution in [-0.4, -0.2) is 0 Å². The highest BCUT2D eigenvalue weighted by molar-refractivity contribution is 5.08. The average Bonchev–Trinajstić information content (AvgIpc) is 2.24. The minimum absolute atomic E-state index is 0.731. The van der Waals surface area contributed by atoms with Crippen LogP contribution in [0.25, 0.3) is 0 Å². The van der Waals surface area contributed by atoms with E-state index >= 15 is 0 Å². The lowest BCUT2D eigenvalue weighted by atomic mass is 9.89. The molecule has 0 N–H and O–H groups in total. The molecule has 16 heavy (non-hydrogen) atoms. The molecule has 0 saturated heterocycles. The highest BCUT2D eigenvalue weighted by Crippen LogP contribution is 2.23. The van der Waals surface area contributed by atoms with Crippen LogP contribution in [0.2, 0.25) is 0 Å². The van der Waals surface area contributed by atoms with Crippen molar-refractivity contribution in [1.82, 2.24) is 0 Å². The van der Waals surface area contributed by atoms with Crippen LogP contribution in [-0.2, 0) is 0 Å². The van der Waals surface area contributed by atoms with Crippen molar-refractivity contribution in [3.8, 4) is 0 Å². The van der Waals surface area contributed by atoms with Crippen LogP contribution >= 0.6 is 0 Å². The van der Waals surface area contributed by atoms with Crippen molar-refractivity contribution >= 4 is 0 Å². The smallest absolute Gasteiger partial charge is 0.0141 e. The summed E-state index contributed by atoms with van der Waals surface area (Å²) in [6.45, 7) is 11.0. The molecule has 0 amide bonds. The summed E-state index contributed by atoms with van der Waals surface area (Å²) in [6.07, 6.45) is 13.1. The molecule has 1 aliphatic rings. The molecule has 1 aliphatic carbocycles. The fraction of sp³-hybridized carbons (Fsp3) is 0.625. The lowest BCUT2D eigenvalue weighted by molar-refractivity contribution is 0.435. The van der Waals surface area contributed by atoms with Crippen LogP contribution in [0.3, 0.4) is 0 Å². The second-order valence-corrected chi connectivity index (χ2v) is 5.42. The van der Waals surface area contributed by atoms with Gasteiger partial charge in [0.05, 0.1) is 0 Å². The molecule has 0 aliphatic heterocycles. The molecule has 0 unspecified atom stereocenters. The topological polar surface area (TPSA) is 0 Å². The minimum atomic E-state index is 0.731. The summed E-state index contributed by atoms with van der Waals surface area (Å²) in [6, 6.07) is 0. The maximum absolute atomic E-state index is 4.13. The lowest BCUT2D eigenvalue weighted by Crippen LogP contribution is -2.05. The molecule has 0 fully saturated rings. The lowest BCUT2D eigenvalue weighted by Gasteiger charge is -2.16. The molecule has 0 aromatic rings. The molecule has 0 radical (unpaired) electrons. The Labute approximate surface area is 101 Å². The van der Waals surface area contributed by atoms with Gasteiger partial charge in [0.1, 0.15) is 0 Å². The average molecular weight is 218 g/mol. The van der Waals surface area contributed by atoms with E-state index in [0.717, 1.165) is 24.7 Å². The molecule has 1 atom stereocenters. The molecule has 90 valence electrons. The Hall–Kier alpha value is -0.780. The van der Waals surface area contributed by atoms with Gasteiger partial charge in [-0.25, -0.2) is 0 Å². The molecule has 0 saturated carbocycles. The number of hydrogen-bond acceptors (Lipinski definition) is 0. The summed E-state index contributed by atoms with van der Waals surface area (Å²) in [4.78, 5) is 0. The van der Waals surface area contributed by atoms with Gasteiger partial charge in [-0.3, -0.25) is 0 Å². The second-order valence-electron chi connectivity index (χ2n) is 5.42. The third-order valence-corrected chi connectivity index (χ3v) is 3.51. The van der Waals surface area contributed by atoms with Crippen molar-refractivity contribution in [2.75, 3.05) is 0 Å². The van der Waals surface area contributed by atoms with E-state index in [2.05, 4.69) is 45.6 Å². The van der Waals surface area contributed by atoms with E-state index < -0.39 is 0 Å². The standard InChI is InChI=1S/C16H26/c1-13(2)16-10-6-9-14(3)7-5-8-15(4)11-12-16/h6,8,10,13,16H,3,5,7,9,11-12H2,1-2,4H3/b10-6+,15-8+/t16-/m1/s1. The normalized spacial score (nSPS) is 29.4. The second kappa shape index (κ2) is 6.73. The summed E-state index contributed by atoms with van der Waals surface area (Å²) in [7, 11) is 0. The molecule has 1 rings (SSSR count). The van der Waals surface area contributed by atoms with E-state index in [1.54, 1.807) is 5.57 Å². The van der Waals surface area contributed by atoms with Gasteiger partial charge in [-0.1, -0.05) is 49.8 Å². The van der Waals surface area contributed by atoms with Gasteiger partial charge in [0.15, 0.2) is 0 Å². The maximum atomic E-state index is 4.13. The molecule has 0 aromatic heterocycles. The van der Waals surface area contributed by atoms with Crippen LogP contribution < -0.4 is 0 Å². The van der Waals surface area contributed by atoms with E-state index in [4.69, 9.17) is 0 Å². The first-order valence-electron chi connectivity index (χ1n) is 6.58. The first-order chi connectivity index (χ1) is 7.59. The highest BCUT2D eigenvalue weighted by atomic mass is 14.2. The van der Waals surface area contributed by atoms with Gasteiger partial charge in [-0.05, 0) is 50.9 Å². The van der Waals surface area contributed by atoms with Gasteiger partial charge in [-0.15, -0.1) is 0 Å². The van der Waals surface area contributed by atoms with Gasteiger partial charge in [-0.2, -0.15) is 0 Å². The molecule has 0 nitrogen and oxygen atoms in total. The number of allylic oxidation sites excluding steroid dienone is 5. The molecule has 0 heteroatoms. The van der Waals surface area contributed by atoms with Gasteiger partial charge < -0.3 is 0 Å². The van der Waals surface area contributed by atoms with Crippen molar-refractivity contribution in [1.29, 1.82) is 0 Å². The summed E-state index contributed by atoms with van der Waals surface area (Å²) in [5, 5.41) is 0. The Balaban J connectivity index is 2.69. The molecule has 0 bridgehead atoms. The Morgan fingerprint density at radius 1 is 1.31 bits per heavy atom. The zero-order valence-electron chi connectivity index (χ0n) is 11.1. The van der Waals surface area contributed by atoms with Crippen LogP contribution in [0.5, 0.6) is 0 Å². The Bertz CT molecular complexity index is 278. The van der Waals surface area contributed by atoms with Crippen LogP contribution in [0.4, 0.5) is 0 Å². The Kier molecular flexibility index (Phi) is 5.59. The Morgan fingerprint density at radius 3 is 2.75 bits per heavy atom. The first-order valence-corrected chi connectivity index (χ1v) is 6.58. The predicted molar refractivity (Wildman–Crippen MR) is 73.5 cm³/mol. The third kappa shape index (κ3) is 4.83. The van der Waals surface area contributed by atoms with Gasteiger partial charge in [0.25, 0.3) is 0 Å². The van der Waals surface area contributed by atoms with Gasteiger partial charge in [0.2, 0.25) is 0 Å². The summed E-state index contributed by atoms with van der Waals surface area (Å²) < 4.78 is 0. The Morgan fingerprint density at radius 2 is 2.06 bits per heavy atom. The van der Waals surface area contributed by atoms with Crippen molar-refractivity contribution < 1.29 is 0 Å². The zero-order valence-corrected chi connectivity index (χ0v) is 11.1. The molecule has 0 heterocycles. The van der Waals surface area contributed by atoms with Crippen molar-refractivity contribution in [3.63, 3.8) is 0 Å². The number of rotatable bonds is 1. The van der Waals surface area contributed by atoms with E-state index in [0.29, 0.717) is 0 Å². The van der Waals surface area contributed by atoms with Crippen molar-refractivity contribution in [2.24, 2.45) is 11.8 Å². The largest absolute Gasteiger partial charge is 0.0995 e. The summed E-state index contributed by atoms with van der Waals surface area (Å²) >= 11 is 0. The highest BCUT2D eigenvalue weighted by Gasteiger charge is 2.10. The van der Waals surface area contributed by atoms with Gasteiger partial charge in [0, 0.05) is 0 Å². The molecular formula is C16H26. The first kappa shape index (κ1) is 13.3. The fourth-order valence-electron chi connectivity index (χ4n) is 2.18. The van der Waals surface area contributed by atoms with Crippen LogP contribution in [0.15, 0.2) is 36.0 Å². The summed E-state index contributed by atoms with van der Waals surface area (Å²) in [5.74, 6) is 1.48. The van der Waals surface area contributed by atoms with E-state index in [1.807, 2.05) is 0 Å².